The minimum Gasteiger partial charge on any atom is -0.496 e. The van der Waals surface area contributed by atoms with Gasteiger partial charge in [0.15, 0.2) is 11.5 Å². The van der Waals surface area contributed by atoms with Crippen LogP contribution in [0.3, 0.4) is 0 Å². The van der Waals surface area contributed by atoms with Crippen LogP contribution in [0.25, 0.3) is 0 Å². The molecular weight excluding hydrogens is 318 g/mol. The van der Waals surface area contributed by atoms with Crippen molar-refractivity contribution in [1.29, 1.82) is 0 Å². The zero-order chi connectivity index (χ0) is 17.6. The van der Waals surface area contributed by atoms with Crippen molar-refractivity contribution < 1.29 is 14.2 Å². The third-order valence-corrected chi connectivity index (χ3v) is 4.19. The van der Waals surface area contributed by atoms with Crippen LogP contribution in [-0.2, 0) is 13.1 Å². The van der Waals surface area contributed by atoms with Gasteiger partial charge in [-0.15, -0.1) is 0 Å². The summed E-state index contributed by atoms with van der Waals surface area (Å²) in [5, 5.41) is 0. The highest BCUT2D eigenvalue weighted by molar-refractivity contribution is 5.51. The first-order valence-electron chi connectivity index (χ1n) is 8.38. The lowest BCUT2D eigenvalue weighted by Crippen LogP contribution is -2.31. The average molecular weight is 343 g/mol. The maximum atomic E-state index is 5.56. The van der Waals surface area contributed by atoms with Gasteiger partial charge in [-0.2, -0.15) is 0 Å². The molecule has 0 N–H and O–H groups in total. The summed E-state index contributed by atoms with van der Waals surface area (Å²) in [5.74, 6) is 2.36. The number of benzene rings is 1. The van der Waals surface area contributed by atoms with E-state index >= 15 is 0 Å². The number of ether oxygens (including phenoxy) is 3. The van der Waals surface area contributed by atoms with E-state index < -0.39 is 0 Å². The summed E-state index contributed by atoms with van der Waals surface area (Å²) in [5.41, 5.74) is 2.34. The molecular formula is C19H25N3O3. The minimum atomic E-state index is 0.267. The molecule has 0 amide bonds. The van der Waals surface area contributed by atoms with Crippen molar-refractivity contribution in [2.24, 2.45) is 0 Å². The first-order chi connectivity index (χ1) is 12.2. The lowest BCUT2D eigenvalue weighted by Gasteiger charge is -2.25. The molecule has 0 fully saturated rings. The molecule has 1 aromatic heterocycles. The number of hydrogen-bond acceptors (Lipinski definition) is 6. The highest BCUT2D eigenvalue weighted by Crippen LogP contribution is 2.38. The summed E-state index contributed by atoms with van der Waals surface area (Å²) in [7, 11) is 5.87. The Hall–Kier alpha value is -2.31. The summed E-state index contributed by atoms with van der Waals surface area (Å²) in [6.07, 6.45) is 3.67. The van der Waals surface area contributed by atoms with E-state index in [9.17, 15) is 0 Å². The Morgan fingerprint density at radius 2 is 1.76 bits per heavy atom. The van der Waals surface area contributed by atoms with Crippen LogP contribution in [0.4, 0.5) is 0 Å². The Labute approximate surface area is 148 Å². The molecule has 1 aliphatic rings. The first kappa shape index (κ1) is 17.5. The second-order valence-corrected chi connectivity index (χ2v) is 6.39. The molecule has 2 heterocycles. The van der Waals surface area contributed by atoms with Gasteiger partial charge in [0.1, 0.15) is 5.75 Å². The van der Waals surface area contributed by atoms with Crippen LogP contribution in [-0.4, -0.2) is 55.9 Å². The number of likely N-dealkylation sites (N-methyl/N-ethyl adjacent to an activating group) is 1. The number of methoxy groups -OCH3 is 1. The van der Waals surface area contributed by atoms with Crippen LogP contribution in [0.1, 0.15) is 11.1 Å². The van der Waals surface area contributed by atoms with E-state index in [-0.39, 0.29) is 6.79 Å². The Balaban J connectivity index is 1.79. The van der Waals surface area contributed by atoms with Crippen LogP contribution in [0.15, 0.2) is 36.7 Å². The highest BCUT2D eigenvalue weighted by Gasteiger charge is 2.19. The third-order valence-electron chi connectivity index (χ3n) is 4.19. The van der Waals surface area contributed by atoms with Gasteiger partial charge in [-0.3, -0.25) is 9.88 Å². The van der Waals surface area contributed by atoms with E-state index in [1.807, 2.05) is 24.5 Å². The molecule has 0 radical (unpaired) electrons. The molecule has 0 saturated heterocycles. The van der Waals surface area contributed by atoms with Crippen LogP contribution < -0.4 is 14.2 Å². The Kier molecular flexibility index (Phi) is 5.73. The normalized spacial score (nSPS) is 12.8. The molecule has 134 valence electrons. The largest absolute Gasteiger partial charge is 0.496 e. The minimum absolute atomic E-state index is 0.267. The monoisotopic (exact) mass is 343 g/mol. The first-order valence-corrected chi connectivity index (χ1v) is 8.38. The molecule has 1 aromatic carbocycles. The molecule has 0 unspecified atom stereocenters. The summed E-state index contributed by atoms with van der Waals surface area (Å²) >= 11 is 0. The third kappa shape index (κ3) is 4.61. The van der Waals surface area contributed by atoms with Gasteiger partial charge in [-0.05, 0) is 37.9 Å². The fourth-order valence-electron chi connectivity index (χ4n) is 2.82. The molecule has 0 atom stereocenters. The van der Waals surface area contributed by atoms with Crippen LogP contribution in [0, 0.1) is 0 Å². The fraction of sp³-hybridized carbons (Fsp3) is 0.421. The number of pyridine rings is 1. The van der Waals surface area contributed by atoms with E-state index in [2.05, 4.69) is 41.0 Å². The standard InChI is InChI=1S/C19H25N3O3/c1-21(2)8-9-22(12-15-4-6-20-7-5-15)13-16-10-18-19(25-14-24-18)11-17(16)23-3/h4-7,10-11H,8-9,12-14H2,1-3H3. The molecule has 6 nitrogen and oxygen atoms in total. The van der Waals surface area contributed by atoms with Gasteiger partial charge in [0.05, 0.1) is 7.11 Å². The number of aromatic nitrogens is 1. The number of rotatable bonds is 8. The van der Waals surface area contributed by atoms with Crippen molar-refractivity contribution in [2.75, 3.05) is 41.1 Å². The molecule has 2 aromatic rings. The summed E-state index contributed by atoms with van der Waals surface area (Å²) < 4.78 is 16.5. The maximum absolute atomic E-state index is 5.56. The van der Waals surface area contributed by atoms with E-state index in [4.69, 9.17) is 14.2 Å². The topological polar surface area (TPSA) is 47.1 Å². The zero-order valence-electron chi connectivity index (χ0n) is 15.1. The molecule has 0 bridgehead atoms. The smallest absolute Gasteiger partial charge is 0.231 e. The second kappa shape index (κ2) is 8.18. The van der Waals surface area contributed by atoms with E-state index in [1.54, 1.807) is 7.11 Å². The quantitative estimate of drug-likeness (QED) is 0.733. The molecule has 0 saturated carbocycles. The van der Waals surface area contributed by atoms with E-state index in [1.165, 1.54) is 5.56 Å². The van der Waals surface area contributed by atoms with E-state index in [0.29, 0.717) is 0 Å². The average Bonchev–Trinajstić information content (AvgIpc) is 3.07. The van der Waals surface area contributed by atoms with Crippen molar-refractivity contribution in [3.63, 3.8) is 0 Å². The van der Waals surface area contributed by atoms with Gasteiger partial charge < -0.3 is 19.1 Å². The molecule has 3 rings (SSSR count). The van der Waals surface area contributed by atoms with Gasteiger partial charge in [-0.1, -0.05) is 0 Å². The number of fused-ring (bicyclic) bond motifs is 1. The van der Waals surface area contributed by atoms with Gasteiger partial charge in [0.25, 0.3) is 0 Å². The molecule has 1 aliphatic heterocycles. The molecule has 6 heteroatoms. The summed E-state index contributed by atoms with van der Waals surface area (Å²) in [6.45, 7) is 3.83. The zero-order valence-corrected chi connectivity index (χ0v) is 15.1. The van der Waals surface area contributed by atoms with Crippen LogP contribution in [0.5, 0.6) is 17.2 Å². The van der Waals surface area contributed by atoms with Crippen molar-refractivity contribution >= 4 is 0 Å². The Morgan fingerprint density at radius 3 is 2.44 bits per heavy atom. The lowest BCUT2D eigenvalue weighted by molar-refractivity contribution is 0.173. The van der Waals surface area contributed by atoms with Crippen molar-refractivity contribution in [1.82, 2.24) is 14.8 Å². The number of nitrogens with zero attached hydrogens (tertiary/aromatic N) is 3. The van der Waals surface area contributed by atoms with E-state index in [0.717, 1.165) is 49.0 Å². The highest BCUT2D eigenvalue weighted by atomic mass is 16.7. The second-order valence-electron chi connectivity index (χ2n) is 6.39. The molecule has 0 aliphatic carbocycles. The van der Waals surface area contributed by atoms with Gasteiger partial charge >= 0.3 is 0 Å². The Morgan fingerprint density at radius 1 is 1.04 bits per heavy atom. The summed E-state index contributed by atoms with van der Waals surface area (Å²) in [4.78, 5) is 8.69. The molecule has 25 heavy (non-hydrogen) atoms. The molecule has 0 spiro atoms. The SMILES string of the molecule is COc1cc2c(cc1CN(CCN(C)C)Cc1ccncc1)OCO2. The van der Waals surface area contributed by atoms with Crippen molar-refractivity contribution in [3.05, 3.63) is 47.8 Å². The van der Waals surface area contributed by atoms with Crippen LogP contribution in [0.2, 0.25) is 0 Å². The predicted molar refractivity (Wildman–Crippen MR) is 96.0 cm³/mol. The number of hydrogen-bond donors (Lipinski definition) is 0. The van der Waals surface area contributed by atoms with Gasteiger partial charge in [0, 0.05) is 50.2 Å². The lowest BCUT2D eigenvalue weighted by atomic mass is 10.1. The maximum Gasteiger partial charge on any atom is 0.231 e. The van der Waals surface area contributed by atoms with Gasteiger partial charge in [-0.25, -0.2) is 0 Å². The fourth-order valence-corrected chi connectivity index (χ4v) is 2.82. The Bertz CT molecular complexity index is 692. The summed E-state index contributed by atoms with van der Waals surface area (Å²) in [6, 6.07) is 8.05. The van der Waals surface area contributed by atoms with Crippen molar-refractivity contribution in [2.45, 2.75) is 13.1 Å². The van der Waals surface area contributed by atoms with Crippen LogP contribution >= 0.6 is 0 Å². The van der Waals surface area contributed by atoms with Crippen molar-refractivity contribution in [3.8, 4) is 17.2 Å². The van der Waals surface area contributed by atoms with Gasteiger partial charge in [0.2, 0.25) is 6.79 Å². The predicted octanol–water partition coefficient (Wildman–Crippen LogP) is 2.38.